The number of pyridine rings is 1. The quantitative estimate of drug-likeness (QED) is 0.872. The Kier molecular flexibility index (Phi) is 4.66. The minimum Gasteiger partial charge on any atom is -0.316 e. The van der Waals surface area contributed by atoms with E-state index in [1.165, 1.54) is 48.9 Å². The normalized spacial score (nSPS) is 18.4. The van der Waals surface area contributed by atoms with Gasteiger partial charge in [0.05, 0.1) is 0 Å². The van der Waals surface area contributed by atoms with E-state index in [-0.39, 0.29) is 0 Å². The monoisotopic (exact) mass is 280 g/mol. The summed E-state index contributed by atoms with van der Waals surface area (Å²) in [5.74, 6) is 0.585. The summed E-state index contributed by atoms with van der Waals surface area (Å²) < 4.78 is 0. The van der Waals surface area contributed by atoms with Crippen molar-refractivity contribution in [3.8, 4) is 0 Å². The van der Waals surface area contributed by atoms with Gasteiger partial charge in [-0.15, -0.1) is 0 Å². The van der Waals surface area contributed by atoms with Crippen LogP contribution in [-0.2, 0) is 12.8 Å². The lowest BCUT2D eigenvalue weighted by Gasteiger charge is -2.23. The van der Waals surface area contributed by atoms with E-state index in [4.69, 9.17) is 0 Å². The van der Waals surface area contributed by atoms with E-state index in [0.29, 0.717) is 12.0 Å². The van der Waals surface area contributed by atoms with Gasteiger partial charge in [0.1, 0.15) is 0 Å². The highest BCUT2D eigenvalue weighted by Gasteiger charge is 2.29. The number of hydrogen-bond donors (Lipinski definition) is 1. The second-order valence-electron chi connectivity index (χ2n) is 5.97. The minimum absolute atomic E-state index is 0.546. The number of nitrogens with zero attached hydrogens (tertiary/aromatic N) is 1. The zero-order valence-electron chi connectivity index (χ0n) is 12.8. The molecule has 21 heavy (non-hydrogen) atoms. The van der Waals surface area contributed by atoms with Crippen LogP contribution in [0.25, 0.3) is 0 Å². The van der Waals surface area contributed by atoms with Crippen molar-refractivity contribution in [2.45, 2.75) is 44.1 Å². The first-order chi connectivity index (χ1) is 10.4. The molecule has 0 spiro atoms. The predicted octanol–water partition coefficient (Wildman–Crippen LogP) is 3.72. The highest BCUT2D eigenvalue weighted by Crippen LogP contribution is 2.35. The van der Waals surface area contributed by atoms with Crippen LogP contribution >= 0.6 is 0 Å². The highest BCUT2D eigenvalue weighted by atomic mass is 14.9. The summed E-state index contributed by atoms with van der Waals surface area (Å²) in [6, 6.07) is 15.6. The number of fused-ring (bicyclic) bond motifs is 1. The molecule has 0 saturated carbocycles. The summed E-state index contributed by atoms with van der Waals surface area (Å²) in [6.45, 7) is 0. The fourth-order valence-corrected chi connectivity index (χ4v) is 3.55. The largest absolute Gasteiger partial charge is 0.316 e. The molecule has 2 aromatic rings. The molecule has 1 aromatic carbocycles. The number of likely N-dealkylation sites (N-methyl/N-ethyl adjacent to an activating group) is 1. The van der Waals surface area contributed by atoms with Crippen LogP contribution in [0.15, 0.2) is 48.7 Å². The summed E-state index contributed by atoms with van der Waals surface area (Å²) in [5, 5.41) is 3.53. The van der Waals surface area contributed by atoms with Crippen LogP contribution in [0, 0.1) is 0 Å². The Morgan fingerprint density at radius 3 is 2.86 bits per heavy atom. The second-order valence-corrected chi connectivity index (χ2v) is 5.97. The van der Waals surface area contributed by atoms with Crippen molar-refractivity contribution in [1.82, 2.24) is 10.3 Å². The fraction of sp³-hybridized carbons (Fsp3) is 0.421. The predicted molar refractivity (Wildman–Crippen MR) is 87.5 cm³/mol. The van der Waals surface area contributed by atoms with Crippen LogP contribution in [0.1, 0.15) is 42.0 Å². The van der Waals surface area contributed by atoms with Crippen LogP contribution in [-0.4, -0.2) is 18.1 Å². The number of rotatable bonds is 6. The van der Waals surface area contributed by atoms with E-state index in [1.54, 1.807) is 0 Å². The molecular weight excluding hydrogens is 256 g/mol. The van der Waals surface area contributed by atoms with Crippen LogP contribution in [0.2, 0.25) is 0 Å². The summed E-state index contributed by atoms with van der Waals surface area (Å²) in [5.41, 5.74) is 4.22. The molecule has 0 amide bonds. The van der Waals surface area contributed by atoms with Crippen LogP contribution < -0.4 is 5.32 Å². The van der Waals surface area contributed by atoms with E-state index in [9.17, 15) is 0 Å². The maximum Gasteiger partial charge on any atom is 0.0482 e. The molecule has 0 saturated heterocycles. The molecule has 0 aliphatic heterocycles. The Bertz CT molecular complexity index is 565. The van der Waals surface area contributed by atoms with Gasteiger partial charge in [0, 0.05) is 23.9 Å². The molecule has 110 valence electrons. The van der Waals surface area contributed by atoms with E-state index < -0.39 is 0 Å². The smallest absolute Gasteiger partial charge is 0.0482 e. The number of nitrogens with one attached hydrogen (secondary N) is 1. The van der Waals surface area contributed by atoms with E-state index in [0.717, 1.165) is 0 Å². The maximum atomic E-state index is 4.64. The van der Waals surface area contributed by atoms with Crippen molar-refractivity contribution < 1.29 is 0 Å². The number of aryl methyl sites for hydroxylation is 2. The zero-order valence-corrected chi connectivity index (χ0v) is 12.8. The SMILES string of the molecule is CNC(CCCc1ccccc1)C1CCc2cccnc21. The standard InChI is InChI=1S/C19H24N2/c1-20-18(11-5-9-15-7-3-2-4-8-15)17-13-12-16-10-6-14-21-19(16)17/h2-4,6-8,10,14,17-18,20H,5,9,11-13H2,1H3. The van der Waals surface area contributed by atoms with Crippen LogP contribution in [0.5, 0.6) is 0 Å². The molecule has 2 heteroatoms. The van der Waals surface area contributed by atoms with Gasteiger partial charge >= 0.3 is 0 Å². The molecule has 2 unspecified atom stereocenters. The Balaban J connectivity index is 1.59. The molecule has 1 aliphatic carbocycles. The average molecular weight is 280 g/mol. The van der Waals surface area contributed by atoms with Gasteiger partial charge in [-0.1, -0.05) is 36.4 Å². The third-order valence-electron chi connectivity index (χ3n) is 4.68. The topological polar surface area (TPSA) is 24.9 Å². The van der Waals surface area contributed by atoms with Crippen molar-refractivity contribution in [2.24, 2.45) is 0 Å². The Labute approximate surface area is 127 Å². The lowest BCUT2D eigenvalue weighted by atomic mass is 9.92. The van der Waals surface area contributed by atoms with Crippen molar-refractivity contribution in [3.05, 3.63) is 65.5 Å². The minimum atomic E-state index is 0.546. The third kappa shape index (κ3) is 3.33. The van der Waals surface area contributed by atoms with Crippen molar-refractivity contribution in [2.75, 3.05) is 7.05 Å². The molecule has 1 N–H and O–H groups in total. The van der Waals surface area contributed by atoms with Gasteiger partial charge < -0.3 is 5.32 Å². The van der Waals surface area contributed by atoms with E-state index in [1.807, 2.05) is 6.20 Å². The Hall–Kier alpha value is -1.67. The van der Waals surface area contributed by atoms with Gasteiger partial charge in [-0.25, -0.2) is 0 Å². The molecular formula is C19H24N2. The summed E-state index contributed by atoms with van der Waals surface area (Å²) in [6.07, 6.45) is 7.98. The third-order valence-corrected chi connectivity index (χ3v) is 4.68. The number of aromatic nitrogens is 1. The maximum absolute atomic E-state index is 4.64. The molecule has 1 aliphatic rings. The van der Waals surface area contributed by atoms with Crippen LogP contribution in [0.3, 0.4) is 0 Å². The van der Waals surface area contributed by atoms with Crippen molar-refractivity contribution in [3.63, 3.8) is 0 Å². The Morgan fingerprint density at radius 2 is 2.05 bits per heavy atom. The summed E-state index contributed by atoms with van der Waals surface area (Å²) >= 11 is 0. The zero-order chi connectivity index (χ0) is 14.5. The molecule has 1 heterocycles. The lowest BCUT2D eigenvalue weighted by Crippen LogP contribution is -2.31. The van der Waals surface area contributed by atoms with E-state index in [2.05, 4.69) is 59.8 Å². The molecule has 0 fully saturated rings. The molecule has 0 bridgehead atoms. The second kappa shape index (κ2) is 6.86. The van der Waals surface area contributed by atoms with Gasteiger partial charge in [-0.3, -0.25) is 4.98 Å². The van der Waals surface area contributed by atoms with Crippen molar-refractivity contribution in [1.29, 1.82) is 0 Å². The van der Waals surface area contributed by atoms with Gasteiger partial charge in [-0.2, -0.15) is 0 Å². The van der Waals surface area contributed by atoms with Gasteiger partial charge in [0.15, 0.2) is 0 Å². The fourth-order valence-electron chi connectivity index (χ4n) is 3.55. The molecule has 0 radical (unpaired) electrons. The summed E-state index contributed by atoms with van der Waals surface area (Å²) in [7, 11) is 2.09. The number of hydrogen-bond acceptors (Lipinski definition) is 2. The van der Waals surface area contributed by atoms with Crippen LogP contribution in [0.4, 0.5) is 0 Å². The summed E-state index contributed by atoms with van der Waals surface area (Å²) in [4.78, 5) is 4.64. The van der Waals surface area contributed by atoms with Gasteiger partial charge in [-0.05, 0) is 56.3 Å². The first-order valence-corrected chi connectivity index (χ1v) is 8.03. The van der Waals surface area contributed by atoms with Crippen molar-refractivity contribution >= 4 is 0 Å². The highest BCUT2D eigenvalue weighted by molar-refractivity contribution is 5.30. The molecule has 1 aromatic heterocycles. The molecule has 3 rings (SSSR count). The van der Waals surface area contributed by atoms with Gasteiger partial charge in [0.2, 0.25) is 0 Å². The Morgan fingerprint density at radius 1 is 1.19 bits per heavy atom. The molecule has 2 atom stereocenters. The first kappa shape index (κ1) is 14.3. The lowest BCUT2D eigenvalue weighted by molar-refractivity contribution is 0.417. The molecule has 2 nitrogen and oxygen atoms in total. The number of benzene rings is 1. The first-order valence-electron chi connectivity index (χ1n) is 8.03. The van der Waals surface area contributed by atoms with E-state index >= 15 is 0 Å². The van der Waals surface area contributed by atoms with Gasteiger partial charge in [0.25, 0.3) is 0 Å². The average Bonchev–Trinajstić information content (AvgIpc) is 2.97.